The Morgan fingerprint density at radius 3 is 2.29 bits per heavy atom. The van der Waals surface area contributed by atoms with E-state index in [0.29, 0.717) is 0 Å². The fourth-order valence-electron chi connectivity index (χ4n) is 1.66. The van der Waals surface area contributed by atoms with Gasteiger partial charge >= 0.3 is 0 Å². The minimum Gasteiger partial charge on any atom is -0.337 e. The molecule has 0 radical (unpaired) electrons. The number of carbonyl (C=O) groups is 1. The van der Waals surface area contributed by atoms with Crippen LogP contribution in [0.15, 0.2) is 18.2 Å². The minimum absolute atomic E-state index is 0.133. The molecule has 0 saturated heterocycles. The van der Waals surface area contributed by atoms with Gasteiger partial charge < -0.3 is 4.90 Å². The van der Waals surface area contributed by atoms with Gasteiger partial charge in [0.15, 0.2) is 0 Å². The Bertz CT molecular complexity index is 615. The number of amides is 1. The summed E-state index contributed by atoms with van der Waals surface area (Å²) in [4.78, 5) is 23.7. The predicted molar refractivity (Wildman–Crippen MR) is 74.5 cm³/mol. The van der Waals surface area contributed by atoms with Crippen LogP contribution in [0.25, 0.3) is 0 Å². The lowest BCUT2D eigenvalue weighted by Crippen LogP contribution is -2.32. The van der Waals surface area contributed by atoms with Crippen molar-refractivity contribution in [2.45, 2.75) is 12.8 Å². The highest BCUT2D eigenvalue weighted by Crippen LogP contribution is 2.25. The monoisotopic (exact) mass is 306 g/mol. The van der Waals surface area contributed by atoms with Crippen LogP contribution in [0.1, 0.15) is 23.2 Å². The zero-order valence-corrected chi connectivity index (χ0v) is 11.7. The molecule has 1 rings (SSSR count). The number of halogens is 1. The number of nitro groups is 1. The number of nitrogens with zero attached hydrogens (tertiary/aromatic N) is 4. The first-order valence-electron chi connectivity index (χ1n) is 5.98. The molecule has 21 heavy (non-hydrogen) atoms. The molecule has 0 N–H and O–H groups in total. The molecule has 0 aliphatic carbocycles. The first kappa shape index (κ1) is 16.4. The van der Waals surface area contributed by atoms with E-state index in [1.165, 1.54) is 17.0 Å². The highest BCUT2D eigenvalue weighted by atomic mass is 35.5. The van der Waals surface area contributed by atoms with Gasteiger partial charge in [0.25, 0.3) is 11.6 Å². The van der Waals surface area contributed by atoms with E-state index in [1.54, 1.807) is 0 Å². The van der Waals surface area contributed by atoms with Crippen LogP contribution in [0.5, 0.6) is 0 Å². The summed E-state index contributed by atoms with van der Waals surface area (Å²) in [6.45, 7) is 0.372. The van der Waals surface area contributed by atoms with E-state index in [4.69, 9.17) is 22.1 Å². The molecule has 1 amide bonds. The number of benzene rings is 1. The van der Waals surface area contributed by atoms with Crippen molar-refractivity contribution in [3.63, 3.8) is 0 Å². The molecule has 0 heterocycles. The second-order valence-corrected chi connectivity index (χ2v) is 4.44. The van der Waals surface area contributed by atoms with Gasteiger partial charge in [-0.3, -0.25) is 14.9 Å². The van der Waals surface area contributed by atoms with Gasteiger partial charge in [-0.15, -0.1) is 0 Å². The summed E-state index contributed by atoms with van der Waals surface area (Å²) >= 11 is 5.76. The van der Waals surface area contributed by atoms with Crippen molar-refractivity contribution in [1.82, 2.24) is 4.90 Å². The fraction of sp³-hybridized carbons (Fsp3) is 0.308. The van der Waals surface area contributed by atoms with Gasteiger partial charge in [-0.05, 0) is 12.1 Å². The normalized spacial score (nSPS) is 9.48. The number of rotatable bonds is 6. The molecule has 0 aliphatic rings. The van der Waals surface area contributed by atoms with Gasteiger partial charge in [-0.1, -0.05) is 11.6 Å². The van der Waals surface area contributed by atoms with E-state index in [2.05, 4.69) is 0 Å². The second-order valence-electron chi connectivity index (χ2n) is 4.03. The lowest BCUT2D eigenvalue weighted by Gasteiger charge is -2.20. The van der Waals surface area contributed by atoms with Gasteiger partial charge in [0.1, 0.15) is 5.02 Å². The topological polar surface area (TPSA) is 111 Å². The maximum atomic E-state index is 12.3. The van der Waals surface area contributed by atoms with Crippen molar-refractivity contribution in [3.05, 3.63) is 38.9 Å². The third-order valence-corrected chi connectivity index (χ3v) is 2.97. The van der Waals surface area contributed by atoms with E-state index < -0.39 is 10.8 Å². The van der Waals surface area contributed by atoms with Gasteiger partial charge in [0, 0.05) is 24.7 Å². The van der Waals surface area contributed by atoms with Crippen LogP contribution >= 0.6 is 11.6 Å². The number of carbonyl (C=O) groups excluding carboxylic acids is 1. The summed E-state index contributed by atoms with van der Waals surface area (Å²) < 4.78 is 0. The number of nitro benzene ring substituents is 1. The second kappa shape index (κ2) is 7.83. The molecule has 0 aliphatic heterocycles. The van der Waals surface area contributed by atoms with Crippen LogP contribution in [0.2, 0.25) is 5.02 Å². The Morgan fingerprint density at radius 1 is 1.29 bits per heavy atom. The highest BCUT2D eigenvalue weighted by Gasteiger charge is 2.19. The van der Waals surface area contributed by atoms with E-state index in [1.807, 2.05) is 12.1 Å². The van der Waals surface area contributed by atoms with Crippen LogP contribution < -0.4 is 0 Å². The summed E-state index contributed by atoms with van der Waals surface area (Å²) in [5, 5.41) is 27.7. The quantitative estimate of drug-likeness (QED) is 0.592. The first-order valence-corrected chi connectivity index (χ1v) is 6.36. The van der Waals surface area contributed by atoms with Crippen LogP contribution in [0.4, 0.5) is 5.69 Å². The molecule has 0 aromatic heterocycles. The average Bonchev–Trinajstić information content (AvgIpc) is 2.46. The Morgan fingerprint density at radius 2 is 1.86 bits per heavy atom. The van der Waals surface area contributed by atoms with E-state index in [-0.39, 0.29) is 42.2 Å². The summed E-state index contributed by atoms with van der Waals surface area (Å²) in [7, 11) is 0. The van der Waals surface area contributed by atoms with E-state index in [0.717, 1.165) is 6.07 Å². The third kappa shape index (κ3) is 4.44. The van der Waals surface area contributed by atoms with E-state index >= 15 is 0 Å². The van der Waals surface area contributed by atoms with Crippen molar-refractivity contribution < 1.29 is 9.72 Å². The molecule has 0 bridgehead atoms. The zero-order chi connectivity index (χ0) is 15.8. The standard InChI is InChI=1S/C13H11ClN4O3/c14-11-9-10(3-4-12(11)18(20)21)13(19)17(7-1-5-15)8-2-6-16/h3-4,9H,1-2,7-8H2. The Hall–Kier alpha value is -2.64. The molecular weight excluding hydrogens is 296 g/mol. The maximum Gasteiger partial charge on any atom is 0.287 e. The molecular formula is C13H11ClN4O3. The molecule has 8 heteroatoms. The van der Waals surface area contributed by atoms with Crippen LogP contribution in [0, 0.1) is 32.8 Å². The van der Waals surface area contributed by atoms with Gasteiger partial charge in [-0.25, -0.2) is 0 Å². The largest absolute Gasteiger partial charge is 0.337 e. The molecule has 1 aromatic carbocycles. The molecule has 0 fully saturated rings. The molecule has 1 aromatic rings. The fourth-order valence-corrected chi connectivity index (χ4v) is 1.90. The van der Waals surface area contributed by atoms with Gasteiger partial charge in [0.05, 0.1) is 29.9 Å². The lowest BCUT2D eigenvalue weighted by molar-refractivity contribution is -0.384. The van der Waals surface area contributed by atoms with Crippen LogP contribution in [0.3, 0.4) is 0 Å². The summed E-state index contributed by atoms with van der Waals surface area (Å²) in [5.74, 6) is -0.419. The van der Waals surface area contributed by atoms with Crippen molar-refractivity contribution >= 4 is 23.2 Å². The number of hydrogen-bond donors (Lipinski definition) is 0. The maximum absolute atomic E-state index is 12.3. The highest BCUT2D eigenvalue weighted by molar-refractivity contribution is 6.33. The predicted octanol–water partition coefficient (Wildman–Crippen LogP) is 2.52. The molecule has 0 spiro atoms. The lowest BCUT2D eigenvalue weighted by atomic mass is 10.1. The Kier molecular flexibility index (Phi) is 6.12. The molecule has 0 atom stereocenters. The number of hydrogen-bond acceptors (Lipinski definition) is 5. The Balaban J connectivity index is 2.98. The van der Waals surface area contributed by atoms with Crippen molar-refractivity contribution in [1.29, 1.82) is 10.5 Å². The van der Waals surface area contributed by atoms with E-state index in [9.17, 15) is 14.9 Å². The molecule has 7 nitrogen and oxygen atoms in total. The number of nitriles is 2. The summed E-state index contributed by atoms with van der Waals surface area (Å²) in [6.07, 6.45) is 0.274. The zero-order valence-electron chi connectivity index (χ0n) is 11.0. The third-order valence-electron chi connectivity index (χ3n) is 2.67. The van der Waals surface area contributed by atoms with Crippen LogP contribution in [-0.2, 0) is 0 Å². The van der Waals surface area contributed by atoms with Crippen molar-refractivity contribution in [3.8, 4) is 12.1 Å². The van der Waals surface area contributed by atoms with Crippen molar-refractivity contribution in [2.24, 2.45) is 0 Å². The van der Waals surface area contributed by atoms with Gasteiger partial charge in [0.2, 0.25) is 0 Å². The first-order chi connectivity index (χ1) is 10.0. The van der Waals surface area contributed by atoms with Crippen LogP contribution in [-0.4, -0.2) is 28.8 Å². The summed E-state index contributed by atoms with van der Waals surface area (Å²) in [6, 6.07) is 7.52. The summed E-state index contributed by atoms with van der Waals surface area (Å²) in [5.41, 5.74) is -0.102. The molecule has 0 unspecified atom stereocenters. The van der Waals surface area contributed by atoms with Gasteiger partial charge in [-0.2, -0.15) is 10.5 Å². The average molecular weight is 307 g/mol. The molecule has 108 valence electrons. The smallest absolute Gasteiger partial charge is 0.287 e. The Labute approximate surface area is 126 Å². The SMILES string of the molecule is N#CCCN(CCC#N)C(=O)c1ccc([N+](=O)[O-])c(Cl)c1. The molecule has 0 saturated carbocycles. The minimum atomic E-state index is -0.639. The van der Waals surface area contributed by atoms with Crippen molar-refractivity contribution in [2.75, 3.05) is 13.1 Å².